The monoisotopic (exact) mass is 242 g/mol. The highest BCUT2D eigenvalue weighted by atomic mass is 35.5. The molecule has 1 atom stereocenters. The van der Waals surface area contributed by atoms with E-state index in [0.29, 0.717) is 28.2 Å². The quantitative estimate of drug-likeness (QED) is 0.721. The molecule has 1 nitrogen and oxygen atoms in total. The number of Topliss-reactive ketones (excluding diaryl/α,β-unsaturated/α-hetero) is 1. The molecule has 0 amide bonds. The van der Waals surface area contributed by atoms with E-state index in [1.165, 1.54) is 0 Å². The third kappa shape index (κ3) is 2.73. The molecule has 0 heterocycles. The summed E-state index contributed by atoms with van der Waals surface area (Å²) in [4.78, 5) is 11.4. The zero-order chi connectivity index (χ0) is 10.8. The van der Waals surface area contributed by atoms with Gasteiger partial charge in [0.05, 0.1) is 0 Å². The molecule has 1 aliphatic rings. The van der Waals surface area contributed by atoms with E-state index < -0.39 is 0 Å². The number of ketones is 1. The molecular weight excluding hydrogens is 231 g/mol. The summed E-state index contributed by atoms with van der Waals surface area (Å²) in [6.07, 6.45) is 3.40. The Kier molecular flexibility index (Phi) is 3.32. The number of benzene rings is 1. The Bertz CT molecular complexity index is 367. The summed E-state index contributed by atoms with van der Waals surface area (Å²) >= 11 is 11.9. The average Bonchev–Trinajstić information content (AvgIpc) is 2.16. The average molecular weight is 243 g/mol. The summed E-state index contributed by atoms with van der Waals surface area (Å²) in [6, 6.07) is 5.55. The van der Waals surface area contributed by atoms with Gasteiger partial charge in [-0.3, -0.25) is 4.79 Å². The number of carbonyl (C=O) groups is 1. The first-order chi connectivity index (χ1) is 7.15. The lowest BCUT2D eigenvalue weighted by molar-refractivity contribution is -0.120. The Labute approximate surface area is 99.4 Å². The first-order valence-electron chi connectivity index (χ1n) is 5.13. The summed E-state index contributed by atoms with van der Waals surface area (Å²) in [6.45, 7) is 0. The Morgan fingerprint density at radius 2 is 1.80 bits per heavy atom. The molecule has 0 aromatic heterocycles. The molecule has 0 aliphatic heterocycles. The molecule has 80 valence electrons. The van der Waals surface area contributed by atoms with E-state index in [-0.39, 0.29) is 0 Å². The van der Waals surface area contributed by atoms with Crippen molar-refractivity contribution in [2.45, 2.75) is 31.6 Å². The number of hydrogen-bond donors (Lipinski definition) is 0. The molecular formula is C12H12Cl2O. The standard InChI is InChI=1S/C12H12Cl2O/c13-10-4-9(5-11(14)7-10)8-2-1-3-12(15)6-8/h4-5,7-8H,1-3,6H2/t8-/m1/s1. The van der Waals surface area contributed by atoms with Crippen LogP contribution in [0.15, 0.2) is 18.2 Å². The highest BCUT2D eigenvalue weighted by Crippen LogP contribution is 2.33. The maximum atomic E-state index is 11.4. The van der Waals surface area contributed by atoms with Gasteiger partial charge in [0.15, 0.2) is 0 Å². The second-order valence-corrected chi connectivity index (χ2v) is 4.91. The van der Waals surface area contributed by atoms with Gasteiger partial charge in [-0.2, -0.15) is 0 Å². The van der Waals surface area contributed by atoms with Crippen molar-refractivity contribution >= 4 is 29.0 Å². The number of hydrogen-bond acceptors (Lipinski definition) is 1. The minimum Gasteiger partial charge on any atom is -0.300 e. The van der Waals surface area contributed by atoms with Gasteiger partial charge in [0.25, 0.3) is 0 Å². The van der Waals surface area contributed by atoms with E-state index in [2.05, 4.69) is 0 Å². The van der Waals surface area contributed by atoms with Gasteiger partial charge in [0.2, 0.25) is 0 Å². The summed E-state index contributed by atoms with van der Waals surface area (Å²) in [5.74, 6) is 0.657. The van der Waals surface area contributed by atoms with Crippen LogP contribution in [-0.2, 0) is 4.79 Å². The molecule has 1 aromatic rings. The lowest BCUT2D eigenvalue weighted by Gasteiger charge is -2.21. The van der Waals surface area contributed by atoms with Crippen LogP contribution in [0.5, 0.6) is 0 Å². The Morgan fingerprint density at radius 3 is 2.40 bits per heavy atom. The molecule has 0 unspecified atom stereocenters. The van der Waals surface area contributed by atoms with Gasteiger partial charge in [0, 0.05) is 22.9 Å². The van der Waals surface area contributed by atoms with Gasteiger partial charge < -0.3 is 0 Å². The molecule has 3 heteroatoms. The van der Waals surface area contributed by atoms with E-state index >= 15 is 0 Å². The van der Waals surface area contributed by atoms with Gasteiger partial charge in [0.1, 0.15) is 5.78 Å². The molecule has 2 rings (SSSR count). The topological polar surface area (TPSA) is 17.1 Å². The highest BCUT2D eigenvalue weighted by Gasteiger charge is 2.21. The second-order valence-electron chi connectivity index (χ2n) is 4.03. The minimum atomic E-state index is 0.308. The van der Waals surface area contributed by atoms with E-state index in [1.807, 2.05) is 12.1 Å². The van der Waals surface area contributed by atoms with Gasteiger partial charge >= 0.3 is 0 Å². The van der Waals surface area contributed by atoms with Crippen molar-refractivity contribution in [3.63, 3.8) is 0 Å². The zero-order valence-corrected chi connectivity index (χ0v) is 9.81. The van der Waals surface area contributed by atoms with E-state index in [1.54, 1.807) is 6.07 Å². The molecule has 1 saturated carbocycles. The van der Waals surface area contributed by atoms with Crippen LogP contribution in [0.2, 0.25) is 10.0 Å². The first kappa shape index (κ1) is 11.0. The van der Waals surface area contributed by atoms with Crippen LogP contribution in [0.25, 0.3) is 0 Å². The van der Waals surface area contributed by atoms with E-state index in [0.717, 1.165) is 24.8 Å². The van der Waals surface area contributed by atoms with Crippen molar-refractivity contribution in [3.8, 4) is 0 Å². The summed E-state index contributed by atoms with van der Waals surface area (Å²) in [7, 11) is 0. The van der Waals surface area contributed by atoms with Crippen molar-refractivity contribution < 1.29 is 4.79 Å². The molecule has 0 saturated heterocycles. The lowest BCUT2D eigenvalue weighted by Crippen LogP contribution is -2.13. The third-order valence-electron chi connectivity index (χ3n) is 2.84. The number of halogens is 2. The minimum absolute atomic E-state index is 0.308. The smallest absolute Gasteiger partial charge is 0.133 e. The predicted octanol–water partition coefficient (Wildman–Crippen LogP) is 4.22. The summed E-state index contributed by atoms with van der Waals surface area (Å²) in [5, 5.41) is 1.30. The van der Waals surface area contributed by atoms with Gasteiger partial charge in [-0.25, -0.2) is 0 Å². The molecule has 0 radical (unpaired) electrons. The maximum Gasteiger partial charge on any atom is 0.133 e. The van der Waals surface area contributed by atoms with Crippen LogP contribution in [0.4, 0.5) is 0 Å². The molecule has 0 spiro atoms. The number of rotatable bonds is 1. The fourth-order valence-corrected chi connectivity index (χ4v) is 2.66. The molecule has 0 N–H and O–H groups in total. The third-order valence-corrected chi connectivity index (χ3v) is 3.27. The van der Waals surface area contributed by atoms with Crippen molar-refractivity contribution in [1.82, 2.24) is 0 Å². The van der Waals surface area contributed by atoms with E-state index in [9.17, 15) is 4.79 Å². The van der Waals surface area contributed by atoms with Crippen molar-refractivity contribution in [3.05, 3.63) is 33.8 Å². The van der Waals surface area contributed by atoms with Crippen molar-refractivity contribution in [2.24, 2.45) is 0 Å². The number of carbonyl (C=O) groups excluding carboxylic acids is 1. The van der Waals surface area contributed by atoms with Crippen LogP contribution in [-0.4, -0.2) is 5.78 Å². The van der Waals surface area contributed by atoms with Crippen LogP contribution in [0.1, 0.15) is 37.2 Å². The predicted molar refractivity (Wildman–Crippen MR) is 62.7 cm³/mol. The van der Waals surface area contributed by atoms with Gasteiger partial charge in [-0.15, -0.1) is 0 Å². The van der Waals surface area contributed by atoms with E-state index in [4.69, 9.17) is 23.2 Å². The molecule has 0 bridgehead atoms. The Hall–Kier alpha value is -0.530. The SMILES string of the molecule is O=C1CCC[C@@H](c2cc(Cl)cc(Cl)c2)C1. The van der Waals surface area contributed by atoms with Crippen molar-refractivity contribution in [2.75, 3.05) is 0 Å². The molecule has 1 fully saturated rings. The highest BCUT2D eigenvalue weighted by molar-refractivity contribution is 6.34. The Morgan fingerprint density at radius 1 is 1.13 bits per heavy atom. The fourth-order valence-electron chi connectivity index (χ4n) is 2.12. The van der Waals surface area contributed by atoms with Crippen LogP contribution in [0.3, 0.4) is 0 Å². The van der Waals surface area contributed by atoms with Crippen LogP contribution < -0.4 is 0 Å². The van der Waals surface area contributed by atoms with Crippen molar-refractivity contribution in [1.29, 1.82) is 0 Å². The zero-order valence-electron chi connectivity index (χ0n) is 8.30. The molecule has 1 aromatic carbocycles. The fraction of sp³-hybridized carbons (Fsp3) is 0.417. The second kappa shape index (κ2) is 4.54. The van der Waals surface area contributed by atoms with Crippen LogP contribution in [0, 0.1) is 0 Å². The largest absolute Gasteiger partial charge is 0.300 e. The van der Waals surface area contributed by atoms with Crippen LogP contribution >= 0.6 is 23.2 Å². The summed E-state index contributed by atoms with van der Waals surface area (Å²) in [5.41, 5.74) is 1.10. The van der Waals surface area contributed by atoms with Gasteiger partial charge in [-0.1, -0.05) is 23.2 Å². The molecule has 1 aliphatic carbocycles. The van der Waals surface area contributed by atoms with Gasteiger partial charge in [-0.05, 0) is 42.5 Å². The first-order valence-corrected chi connectivity index (χ1v) is 5.88. The summed E-state index contributed by atoms with van der Waals surface area (Å²) < 4.78 is 0. The Balaban J connectivity index is 2.24. The normalized spacial score (nSPS) is 21.7. The lowest BCUT2D eigenvalue weighted by atomic mass is 9.83. The maximum absolute atomic E-state index is 11.4. The molecule has 15 heavy (non-hydrogen) atoms.